The first-order valence-electron chi connectivity index (χ1n) is 5.67. The maximum Gasteiger partial charge on any atom is 0.416 e. The summed E-state index contributed by atoms with van der Waals surface area (Å²) in [6.45, 7) is 1.73. The lowest BCUT2D eigenvalue weighted by Crippen LogP contribution is -2.04. The van der Waals surface area contributed by atoms with E-state index in [-0.39, 0.29) is 5.52 Å². The van der Waals surface area contributed by atoms with E-state index in [0.717, 1.165) is 23.8 Å². The first-order valence-corrected chi connectivity index (χ1v) is 5.67. The first kappa shape index (κ1) is 14.0. The van der Waals surface area contributed by atoms with Gasteiger partial charge in [-0.05, 0) is 36.8 Å². The molecule has 0 aliphatic rings. The van der Waals surface area contributed by atoms with Crippen LogP contribution < -0.4 is 0 Å². The quantitative estimate of drug-likeness (QED) is 0.855. The molecule has 2 rings (SSSR count). The van der Waals surface area contributed by atoms with Gasteiger partial charge in [-0.1, -0.05) is 6.07 Å². The summed E-state index contributed by atoms with van der Waals surface area (Å²) < 4.78 is 38.0. The molecule has 1 aromatic heterocycles. The number of hydrogen-bond acceptors (Lipinski definition) is 2. The zero-order valence-corrected chi connectivity index (χ0v) is 10.4. The van der Waals surface area contributed by atoms with Crippen LogP contribution in [0.5, 0.6) is 0 Å². The summed E-state index contributed by atoms with van der Waals surface area (Å²) in [7, 11) is 0. The lowest BCUT2D eigenvalue weighted by atomic mass is 10.1. The number of pyridine rings is 1. The van der Waals surface area contributed by atoms with Crippen molar-refractivity contribution >= 4 is 22.9 Å². The van der Waals surface area contributed by atoms with Gasteiger partial charge in [0.1, 0.15) is 0 Å². The number of carboxylic acid groups (broad SMARTS) is 1. The molecule has 0 saturated heterocycles. The summed E-state index contributed by atoms with van der Waals surface area (Å²) in [5, 5.41) is 9.15. The maximum atomic E-state index is 12.7. The van der Waals surface area contributed by atoms with E-state index in [1.807, 2.05) is 0 Å². The molecule has 0 unspecified atom stereocenters. The largest absolute Gasteiger partial charge is 0.478 e. The minimum absolute atomic E-state index is 0.185. The predicted octanol–water partition coefficient (Wildman–Crippen LogP) is 3.66. The van der Waals surface area contributed by atoms with Crippen LogP contribution >= 0.6 is 0 Å². The van der Waals surface area contributed by atoms with Crippen LogP contribution in [-0.2, 0) is 11.0 Å². The number of aryl methyl sites for hydroxylation is 1. The predicted molar refractivity (Wildman–Crippen MR) is 68.2 cm³/mol. The van der Waals surface area contributed by atoms with Crippen LogP contribution in [0.15, 0.2) is 30.3 Å². The number of benzene rings is 1. The normalized spacial score (nSPS) is 12.2. The highest BCUT2D eigenvalue weighted by Crippen LogP contribution is 2.31. The Morgan fingerprint density at radius 1 is 1.30 bits per heavy atom. The third-order valence-electron chi connectivity index (χ3n) is 2.76. The third kappa shape index (κ3) is 2.96. The monoisotopic (exact) mass is 281 g/mol. The third-order valence-corrected chi connectivity index (χ3v) is 2.76. The average molecular weight is 281 g/mol. The maximum absolute atomic E-state index is 12.7. The second-order valence-electron chi connectivity index (χ2n) is 4.27. The summed E-state index contributed by atoms with van der Waals surface area (Å²) >= 11 is 0. The standard InChI is InChI=1S/C14H10F3NO2/c1-8-6-10(3-5-13(19)20)18-12-7-9(14(15,16)17)2-4-11(8)12/h2-7H,1H3,(H,19,20)/b5-3+. The van der Waals surface area contributed by atoms with Gasteiger partial charge in [0.25, 0.3) is 0 Å². The van der Waals surface area contributed by atoms with Crippen LogP contribution in [0.4, 0.5) is 13.2 Å². The van der Waals surface area contributed by atoms with E-state index in [1.54, 1.807) is 13.0 Å². The number of fused-ring (bicyclic) bond motifs is 1. The Labute approximate surface area is 112 Å². The zero-order chi connectivity index (χ0) is 14.9. The topological polar surface area (TPSA) is 50.2 Å². The number of hydrogen-bond donors (Lipinski definition) is 1. The lowest BCUT2D eigenvalue weighted by molar-refractivity contribution is -0.137. The molecule has 0 bridgehead atoms. The van der Waals surface area contributed by atoms with Gasteiger partial charge in [-0.25, -0.2) is 9.78 Å². The minimum Gasteiger partial charge on any atom is -0.478 e. The van der Waals surface area contributed by atoms with Crippen molar-refractivity contribution in [3.05, 3.63) is 47.2 Å². The first-order chi connectivity index (χ1) is 9.27. The van der Waals surface area contributed by atoms with Crippen molar-refractivity contribution in [3.8, 4) is 0 Å². The smallest absolute Gasteiger partial charge is 0.416 e. The Morgan fingerprint density at radius 3 is 2.60 bits per heavy atom. The molecule has 0 aliphatic heterocycles. The van der Waals surface area contributed by atoms with Crippen molar-refractivity contribution < 1.29 is 23.1 Å². The van der Waals surface area contributed by atoms with Crippen LogP contribution in [0, 0.1) is 6.92 Å². The van der Waals surface area contributed by atoms with Crippen LogP contribution in [0.25, 0.3) is 17.0 Å². The molecule has 0 amide bonds. The fourth-order valence-electron chi connectivity index (χ4n) is 1.85. The molecule has 0 atom stereocenters. The van der Waals surface area contributed by atoms with E-state index in [0.29, 0.717) is 11.1 Å². The minimum atomic E-state index is -4.43. The number of alkyl halides is 3. The number of halogens is 3. The Bertz CT molecular complexity index is 705. The van der Waals surface area contributed by atoms with Gasteiger partial charge in [-0.3, -0.25) is 0 Å². The fourth-order valence-corrected chi connectivity index (χ4v) is 1.85. The van der Waals surface area contributed by atoms with Crippen molar-refractivity contribution in [1.29, 1.82) is 0 Å². The molecule has 1 aromatic carbocycles. The average Bonchev–Trinajstić information content (AvgIpc) is 2.34. The summed E-state index contributed by atoms with van der Waals surface area (Å²) in [4.78, 5) is 14.5. The molecule has 3 nitrogen and oxygen atoms in total. The zero-order valence-electron chi connectivity index (χ0n) is 10.4. The molecule has 0 aliphatic carbocycles. The molecule has 0 fully saturated rings. The van der Waals surface area contributed by atoms with Crippen molar-refractivity contribution in [2.45, 2.75) is 13.1 Å². The fraction of sp³-hybridized carbons (Fsp3) is 0.143. The highest BCUT2D eigenvalue weighted by molar-refractivity contribution is 5.87. The van der Waals surface area contributed by atoms with E-state index in [2.05, 4.69) is 4.98 Å². The number of carboxylic acids is 1. The van der Waals surface area contributed by atoms with Gasteiger partial charge in [0, 0.05) is 11.5 Å². The van der Waals surface area contributed by atoms with Crippen LogP contribution in [0.2, 0.25) is 0 Å². The van der Waals surface area contributed by atoms with E-state index >= 15 is 0 Å². The van der Waals surface area contributed by atoms with Crippen LogP contribution in [-0.4, -0.2) is 16.1 Å². The van der Waals surface area contributed by atoms with E-state index in [4.69, 9.17) is 5.11 Å². The molecule has 0 saturated carbocycles. The van der Waals surface area contributed by atoms with Crippen LogP contribution in [0.3, 0.4) is 0 Å². The number of aliphatic carboxylic acids is 1. The second kappa shape index (κ2) is 4.96. The molecular formula is C14H10F3NO2. The Balaban J connectivity index is 2.58. The van der Waals surface area contributed by atoms with Crippen molar-refractivity contribution in [3.63, 3.8) is 0 Å². The number of aromatic nitrogens is 1. The van der Waals surface area contributed by atoms with Crippen LogP contribution in [0.1, 0.15) is 16.8 Å². The molecule has 1 N–H and O–H groups in total. The Morgan fingerprint density at radius 2 is 2.00 bits per heavy atom. The van der Waals surface area contributed by atoms with Crippen molar-refractivity contribution in [2.24, 2.45) is 0 Å². The van der Waals surface area contributed by atoms with Gasteiger partial charge < -0.3 is 5.11 Å². The summed E-state index contributed by atoms with van der Waals surface area (Å²) in [6, 6.07) is 4.95. The molecule has 6 heteroatoms. The highest BCUT2D eigenvalue weighted by atomic mass is 19.4. The SMILES string of the molecule is Cc1cc(/C=C/C(=O)O)nc2cc(C(F)(F)F)ccc12. The van der Waals surface area contributed by atoms with Crippen molar-refractivity contribution in [2.75, 3.05) is 0 Å². The van der Waals surface area contributed by atoms with Gasteiger partial charge in [-0.2, -0.15) is 13.2 Å². The van der Waals surface area contributed by atoms with Gasteiger partial charge in [0.2, 0.25) is 0 Å². The Kier molecular flexibility index (Phi) is 3.48. The molecule has 104 valence electrons. The van der Waals surface area contributed by atoms with Gasteiger partial charge >= 0.3 is 12.1 Å². The molecule has 0 spiro atoms. The number of nitrogens with zero attached hydrogens (tertiary/aromatic N) is 1. The summed E-state index contributed by atoms with van der Waals surface area (Å²) in [5.41, 5.74) is 0.437. The van der Waals surface area contributed by atoms with Gasteiger partial charge in [-0.15, -0.1) is 0 Å². The van der Waals surface area contributed by atoms with Crippen molar-refractivity contribution in [1.82, 2.24) is 4.98 Å². The molecule has 2 aromatic rings. The van der Waals surface area contributed by atoms with E-state index < -0.39 is 17.7 Å². The molecule has 20 heavy (non-hydrogen) atoms. The molecule has 0 radical (unpaired) electrons. The number of rotatable bonds is 2. The van der Waals surface area contributed by atoms with E-state index in [1.165, 1.54) is 12.1 Å². The number of carbonyl (C=O) groups is 1. The molecule has 1 heterocycles. The summed E-state index contributed by atoms with van der Waals surface area (Å²) in [6.07, 6.45) is -2.30. The second-order valence-corrected chi connectivity index (χ2v) is 4.27. The Hall–Kier alpha value is -2.37. The lowest BCUT2D eigenvalue weighted by Gasteiger charge is -2.09. The molecular weight excluding hydrogens is 271 g/mol. The highest BCUT2D eigenvalue weighted by Gasteiger charge is 2.30. The summed E-state index contributed by atoms with van der Waals surface area (Å²) in [5.74, 6) is -1.14. The van der Waals surface area contributed by atoms with Gasteiger partial charge in [0.05, 0.1) is 16.8 Å². The van der Waals surface area contributed by atoms with E-state index in [9.17, 15) is 18.0 Å². The van der Waals surface area contributed by atoms with Gasteiger partial charge in [0.15, 0.2) is 0 Å².